The molecule has 0 amide bonds. The molecule has 0 spiro atoms. The predicted molar refractivity (Wildman–Crippen MR) is 69.5 cm³/mol. The van der Waals surface area contributed by atoms with E-state index in [-0.39, 0.29) is 0 Å². The van der Waals surface area contributed by atoms with Crippen molar-refractivity contribution in [3.05, 3.63) is 28.8 Å². The Labute approximate surface area is 103 Å². The average Bonchev–Trinajstić information content (AvgIpc) is 2.30. The van der Waals surface area contributed by atoms with Crippen LogP contribution in [0.15, 0.2) is 17.0 Å². The van der Waals surface area contributed by atoms with Crippen LogP contribution in [0.5, 0.6) is 0 Å². The number of hydrogen-bond acceptors (Lipinski definition) is 3. The predicted octanol–water partition coefficient (Wildman–Crippen LogP) is 1.32. The maximum Gasteiger partial charge on any atom is 0.240 e. The van der Waals surface area contributed by atoms with Crippen molar-refractivity contribution in [1.29, 1.82) is 0 Å². The quantitative estimate of drug-likeness (QED) is 0.835. The van der Waals surface area contributed by atoms with E-state index in [2.05, 4.69) is 10.0 Å². The van der Waals surface area contributed by atoms with Crippen molar-refractivity contribution < 1.29 is 8.42 Å². The number of benzene rings is 1. The van der Waals surface area contributed by atoms with E-state index in [9.17, 15) is 8.42 Å². The summed E-state index contributed by atoms with van der Waals surface area (Å²) in [5, 5.41) is 3.19. The molecule has 1 rings (SSSR count). The van der Waals surface area contributed by atoms with Gasteiger partial charge in [-0.3, -0.25) is 0 Å². The fraction of sp³-hybridized carbons (Fsp3) is 0.500. The minimum absolute atomic E-state index is 0.368. The van der Waals surface area contributed by atoms with Crippen LogP contribution in [-0.4, -0.2) is 22.0 Å². The molecule has 0 fully saturated rings. The Bertz CT molecular complexity index is 495. The van der Waals surface area contributed by atoms with Crippen LogP contribution in [0.4, 0.5) is 0 Å². The van der Waals surface area contributed by atoms with Crippen molar-refractivity contribution in [3.8, 4) is 0 Å². The van der Waals surface area contributed by atoms with Gasteiger partial charge < -0.3 is 5.32 Å². The summed E-state index contributed by atoms with van der Waals surface area (Å²) >= 11 is 0. The van der Waals surface area contributed by atoms with Crippen molar-refractivity contribution in [2.75, 3.05) is 13.6 Å². The second-order valence-corrected chi connectivity index (χ2v) is 5.88. The van der Waals surface area contributed by atoms with E-state index in [4.69, 9.17) is 0 Å². The summed E-state index contributed by atoms with van der Waals surface area (Å²) in [6, 6.07) is 3.75. The molecular formula is C12H20N2O2S. The Morgan fingerprint density at radius 3 is 2.41 bits per heavy atom. The van der Waals surface area contributed by atoms with Gasteiger partial charge in [-0.25, -0.2) is 13.1 Å². The lowest BCUT2D eigenvalue weighted by atomic mass is 10.1. The summed E-state index contributed by atoms with van der Waals surface area (Å²) in [7, 11) is -1.95. The number of nitrogens with one attached hydrogen (secondary N) is 2. The highest BCUT2D eigenvalue weighted by Crippen LogP contribution is 2.20. The molecule has 1 aromatic rings. The fourth-order valence-corrected chi connectivity index (χ4v) is 2.75. The lowest BCUT2D eigenvalue weighted by molar-refractivity contribution is 0.587. The molecule has 0 aliphatic rings. The SMILES string of the molecule is CCNCc1cc(C)c(C)c(S(=O)(=O)NC)c1. The highest BCUT2D eigenvalue weighted by Gasteiger charge is 2.16. The van der Waals surface area contributed by atoms with E-state index in [0.29, 0.717) is 11.4 Å². The van der Waals surface area contributed by atoms with Gasteiger partial charge in [0.05, 0.1) is 4.90 Å². The van der Waals surface area contributed by atoms with Gasteiger partial charge in [0.2, 0.25) is 10.0 Å². The fourth-order valence-electron chi connectivity index (χ4n) is 1.66. The number of sulfonamides is 1. The Kier molecular flexibility index (Phi) is 4.68. The Morgan fingerprint density at radius 2 is 1.88 bits per heavy atom. The van der Waals surface area contributed by atoms with Gasteiger partial charge in [0.1, 0.15) is 0 Å². The first kappa shape index (κ1) is 14.2. The molecular weight excluding hydrogens is 236 g/mol. The molecule has 0 saturated heterocycles. The van der Waals surface area contributed by atoms with Gasteiger partial charge >= 0.3 is 0 Å². The molecule has 0 aromatic heterocycles. The van der Waals surface area contributed by atoms with Crippen LogP contribution < -0.4 is 10.0 Å². The van der Waals surface area contributed by atoms with Gasteiger partial charge in [-0.2, -0.15) is 0 Å². The summed E-state index contributed by atoms with van der Waals surface area (Å²) in [4.78, 5) is 0.368. The van der Waals surface area contributed by atoms with E-state index < -0.39 is 10.0 Å². The van der Waals surface area contributed by atoms with E-state index in [1.807, 2.05) is 26.8 Å². The third kappa shape index (κ3) is 3.28. The van der Waals surface area contributed by atoms with Crippen LogP contribution >= 0.6 is 0 Å². The number of rotatable bonds is 5. The Balaban J connectivity index is 3.25. The molecule has 1 aromatic carbocycles. The van der Waals surface area contributed by atoms with E-state index in [1.54, 1.807) is 6.07 Å². The molecule has 0 unspecified atom stereocenters. The van der Waals surface area contributed by atoms with E-state index >= 15 is 0 Å². The lowest BCUT2D eigenvalue weighted by Gasteiger charge is -2.12. The van der Waals surface area contributed by atoms with Gasteiger partial charge in [0, 0.05) is 6.54 Å². The first-order valence-corrected chi connectivity index (χ1v) is 7.15. The molecule has 0 heterocycles. The van der Waals surface area contributed by atoms with Crippen LogP contribution in [-0.2, 0) is 16.6 Å². The number of aryl methyl sites for hydroxylation is 1. The molecule has 0 bridgehead atoms. The van der Waals surface area contributed by atoms with E-state index in [0.717, 1.165) is 23.2 Å². The molecule has 0 radical (unpaired) electrons. The third-order valence-electron chi connectivity index (χ3n) is 2.82. The van der Waals surface area contributed by atoms with Gasteiger partial charge in [0.25, 0.3) is 0 Å². The molecule has 2 N–H and O–H groups in total. The topological polar surface area (TPSA) is 58.2 Å². The smallest absolute Gasteiger partial charge is 0.240 e. The van der Waals surface area contributed by atoms with Crippen LogP contribution in [0, 0.1) is 13.8 Å². The first-order valence-electron chi connectivity index (χ1n) is 5.66. The molecule has 0 aliphatic heterocycles. The average molecular weight is 256 g/mol. The highest BCUT2D eigenvalue weighted by atomic mass is 32.2. The molecule has 0 atom stereocenters. The van der Waals surface area contributed by atoms with Crippen LogP contribution in [0.1, 0.15) is 23.6 Å². The van der Waals surface area contributed by atoms with Crippen molar-refractivity contribution in [1.82, 2.24) is 10.0 Å². The van der Waals surface area contributed by atoms with Crippen molar-refractivity contribution in [2.24, 2.45) is 0 Å². The molecule has 17 heavy (non-hydrogen) atoms. The zero-order valence-electron chi connectivity index (χ0n) is 10.8. The van der Waals surface area contributed by atoms with Gasteiger partial charge in [-0.15, -0.1) is 0 Å². The summed E-state index contributed by atoms with van der Waals surface area (Å²) in [6.45, 7) is 7.33. The first-order chi connectivity index (χ1) is 7.92. The number of hydrogen-bond donors (Lipinski definition) is 2. The third-order valence-corrected chi connectivity index (χ3v) is 4.36. The Morgan fingerprint density at radius 1 is 1.24 bits per heavy atom. The zero-order chi connectivity index (χ0) is 13.1. The second kappa shape index (κ2) is 5.62. The highest BCUT2D eigenvalue weighted by molar-refractivity contribution is 7.89. The van der Waals surface area contributed by atoms with Crippen LogP contribution in [0.25, 0.3) is 0 Å². The second-order valence-electron chi connectivity index (χ2n) is 4.02. The van der Waals surface area contributed by atoms with Gasteiger partial charge in [-0.1, -0.05) is 13.0 Å². The summed E-state index contributed by atoms with van der Waals surface area (Å²) in [6.07, 6.45) is 0. The van der Waals surface area contributed by atoms with Crippen molar-refractivity contribution in [3.63, 3.8) is 0 Å². The molecule has 4 nitrogen and oxygen atoms in total. The normalized spacial score (nSPS) is 11.8. The molecule has 0 saturated carbocycles. The lowest BCUT2D eigenvalue weighted by Crippen LogP contribution is -2.21. The van der Waals surface area contributed by atoms with Crippen molar-refractivity contribution >= 4 is 10.0 Å². The van der Waals surface area contributed by atoms with Crippen LogP contribution in [0.3, 0.4) is 0 Å². The van der Waals surface area contributed by atoms with Crippen molar-refractivity contribution in [2.45, 2.75) is 32.2 Å². The monoisotopic (exact) mass is 256 g/mol. The molecule has 0 aliphatic carbocycles. The van der Waals surface area contributed by atoms with E-state index in [1.165, 1.54) is 7.05 Å². The minimum atomic E-state index is -3.38. The maximum absolute atomic E-state index is 11.9. The van der Waals surface area contributed by atoms with Gasteiger partial charge in [0.15, 0.2) is 0 Å². The summed E-state index contributed by atoms with van der Waals surface area (Å²) in [5.41, 5.74) is 2.79. The van der Waals surface area contributed by atoms with Gasteiger partial charge in [-0.05, 0) is 50.2 Å². The minimum Gasteiger partial charge on any atom is -0.313 e. The van der Waals surface area contributed by atoms with Crippen LogP contribution in [0.2, 0.25) is 0 Å². The standard InChI is InChI=1S/C12H20N2O2S/c1-5-14-8-11-6-9(2)10(3)12(7-11)17(15,16)13-4/h6-7,13-14H,5,8H2,1-4H3. The Hall–Kier alpha value is -0.910. The largest absolute Gasteiger partial charge is 0.313 e. The molecule has 96 valence electrons. The zero-order valence-corrected chi connectivity index (χ0v) is 11.6. The summed E-state index contributed by atoms with van der Waals surface area (Å²) < 4.78 is 26.1. The maximum atomic E-state index is 11.9. The summed E-state index contributed by atoms with van der Waals surface area (Å²) in [5.74, 6) is 0. The molecule has 5 heteroatoms.